The van der Waals surface area contributed by atoms with Gasteiger partial charge in [0, 0.05) is 113 Å². The summed E-state index contributed by atoms with van der Waals surface area (Å²) < 4.78 is 27.3. The van der Waals surface area contributed by atoms with Gasteiger partial charge in [0.05, 0.1) is 5.97 Å². The van der Waals surface area contributed by atoms with Gasteiger partial charge in [-0.2, -0.15) is 0 Å². The molecule has 8 rings (SSSR count). The Bertz CT molecular complexity index is 1910. The third kappa shape index (κ3) is 19.6. The number of hydrogen-bond donors (Lipinski definition) is 0. The second kappa shape index (κ2) is 29.4. The van der Waals surface area contributed by atoms with E-state index in [4.69, 9.17) is 0 Å². The van der Waals surface area contributed by atoms with Gasteiger partial charge in [0.15, 0.2) is 5.67 Å². The van der Waals surface area contributed by atoms with Crippen LogP contribution in [0.4, 0.5) is 8.78 Å². The van der Waals surface area contributed by atoms with E-state index in [9.17, 15) is 28.6 Å². The number of aromatic nitrogens is 4. The van der Waals surface area contributed by atoms with Crippen molar-refractivity contribution >= 4 is 11.9 Å². The Morgan fingerprint density at radius 2 is 0.970 bits per heavy atom. The van der Waals surface area contributed by atoms with Crippen LogP contribution in [0.1, 0.15) is 107 Å². The number of rotatable bonds is 11. The summed E-state index contributed by atoms with van der Waals surface area (Å²) in [7, 11) is 0. The molecule has 1 atom stereocenters. The summed E-state index contributed by atoms with van der Waals surface area (Å²) in [6, 6.07) is 16.5. The van der Waals surface area contributed by atoms with Gasteiger partial charge >= 0.3 is 37.7 Å². The molecule has 348 valence electrons. The number of carbonyl (C=O) groups excluding carboxylic acids is 2. The normalized spacial score (nSPS) is 19.6. The minimum Gasteiger partial charge on any atom is -0.550 e. The number of pyridine rings is 4. The van der Waals surface area contributed by atoms with Crippen LogP contribution in [0.5, 0.6) is 0 Å². The number of aliphatic carboxylic acids is 2. The minimum absolute atomic E-state index is 0. The fraction of sp³-hybridized carbons (Fsp3) is 0.560. The maximum absolute atomic E-state index is 13.7. The van der Waals surface area contributed by atoms with Crippen molar-refractivity contribution < 1.29 is 66.3 Å². The zero-order valence-corrected chi connectivity index (χ0v) is 40.1. The van der Waals surface area contributed by atoms with Gasteiger partial charge in [0.25, 0.3) is 0 Å². The second-order valence-corrected chi connectivity index (χ2v) is 18.1. The number of nitrogens with zero attached hydrogens (tertiary/aromatic N) is 8. The molecule has 12 nitrogen and oxygen atoms in total. The first-order valence-corrected chi connectivity index (χ1v) is 23.1. The number of carboxylic acids is 2. The number of carbonyl (C=O) groups is 2. The molecule has 8 heterocycles. The monoisotopic (exact) mass is 897 g/mol. The molecule has 0 bridgehead atoms. The summed E-state index contributed by atoms with van der Waals surface area (Å²) in [6.45, 7) is 15.7. The zero-order valence-electron chi connectivity index (χ0n) is 40.1. The van der Waals surface area contributed by atoms with Crippen LogP contribution in [0.2, 0.25) is 0 Å². The number of alkyl halides is 2. The van der Waals surface area contributed by atoms with Gasteiger partial charge in [0.2, 0.25) is 0 Å². The Balaban J connectivity index is 0.000000232. The van der Waals surface area contributed by atoms with E-state index < -0.39 is 23.3 Å². The van der Waals surface area contributed by atoms with Gasteiger partial charge in [-0.1, -0.05) is 13.8 Å². The van der Waals surface area contributed by atoms with E-state index in [-0.39, 0.29) is 56.5 Å². The Morgan fingerprint density at radius 1 is 0.606 bits per heavy atom. The summed E-state index contributed by atoms with van der Waals surface area (Å²) in [5.41, 5.74) is 1.91. The summed E-state index contributed by atoms with van der Waals surface area (Å²) in [6.07, 6.45) is 20.8. The molecule has 0 radical (unpaired) electrons. The SMILES string of the molecule is CC1(F)CCN(Cc2ccncc2)CC1.CC1CCN(Cc2ccncc2)CC1.CCC(c1ccncc1)N1CCC(C(=O)[O-])CC1.O=C([O-])C1(F)CCN(Cc2ccncc2)CC1.[Li+].[Li+]. The van der Waals surface area contributed by atoms with E-state index >= 15 is 0 Å². The van der Waals surface area contributed by atoms with E-state index in [0.29, 0.717) is 51.4 Å². The average Bonchev–Trinajstić information content (AvgIpc) is 3.31. The van der Waals surface area contributed by atoms with Crippen LogP contribution >= 0.6 is 0 Å². The van der Waals surface area contributed by atoms with Crippen LogP contribution in [0.25, 0.3) is 0 Å². The van der Waals surface area contributed by atoms with Crippen molar-refractivity contribution in [3.63, 3.8) is 0 Å². The van der Waals surface area contributed by atoms with Gasteiger partial charge in [0.1, 0.15) is 5.67 Å². The van der Waals surface area contributed by atoms with Crippen molar-refractivity contribution in [2.75, 3.05) is 52.4 Å². The topological polar surface area (TPSA) is 145 Å². The molecule has 0 aliphatic carbocycles. The Morgan fingerprint density at radius 3 is 1.33 bits per heavy atom. The largest absolute Gasteiger partial charge is 1.00 e. The predicted molar refractivity (Wildman–Crippen MR) is 240 cm³/mol. The van der Waals surface area contributed by atoms with Crippen LogP contribution in [-0.2, 0) is 29.2 Å². The molecule has 4 saturated heterocycles. The van der Waals surface area contributed by atoms with Crippen LogP contribution in [0, 0.1) is 11.8 Å². The molecule has 0 saturated carbocycles. The number of likely N-dealkylation sites (tertiary alicyclic amines) is 4. The summed E-state index contributed by atoms with van der Waals surface area (Å²) in [5.74, 6) is -1.83. The number of carboxylic acid groups (broad SMARTS) is 2. The van der Waals surface area contributed by atoms with Crippen LogP contribution in [0.15, 0.2) is 98.1 Å². The van der Waals surface area contributed by atoms with E-state index in [0.717, 1.165) is 57.2 Å². The molecular weight excluding hydrogens is 828 g/mol. The molecule has 4 aromatic heterocycles. The maximum Gasteiger partial charge on any atom is 1.00 e. The van der Waals surface area contributed by atoms with Crippen LogP contribution in [-0.4, -0.2) is 115 Å². The number of hydrogen-bond acceptors (Lipinski definition) is 12. The van der Waals surface area contributed by atoms with Crippen LogP contribution in [0.3, 0.4) is 0 Å². The fourth-order valence-corrected chi connectivity index (χ4v) is 8.64. The molecule has 66 heavy (non-hydrogen) atoms. The average molecular weight is 897 g/mol. The van der Waals surface area contributed by atoms with Crippen molar-refractivity contribution in [1.82, 2.24) is 39.5 Å². The van der Waals surface area contributed by atoms with Gasteiger partial charge < -0.3 is 19.8 Å². The third-order valence-electron chi connectivity index (χ3n) is 13.0. The molecule has 4 fully saturated rings. The standard InChI is InChI=1S/C14H20N2O2.C12H15FN2O2.C12H17FN2.C12H18N2.2Li/c1-2-13(11-3-7-15-8-4-11)16-9-5-12(6-10-16)14(17)18;13-12(11(16)17)3-7-15(8-4-12)9-10-1-5-14-6-2-10;1-12(13)4-8-15(9-5-12)10-11-2-6-14-7-3-11;1-11-4-8-14(9-5-11)10-12-2-6-13-7-3-12;;/h3-4,7-8,12-13H,2,5-6,9-10H2,1H3,(H,17,18);1-2,5-6H,3-4,7-9H2,(H,16,17);2-3,6-7H,4-5,8-10H2,1H3;2-3,6-7,11H,4-5,8-10H2,1H3;;/q;;;;2*+1/p-2. The molecule has 0 amide bonds. The van der Waals surface area contributed by atoms with Crippen molar-refractivity contribution in [1.29, 1.82) is 0 Å². The van der Waals surface area contributed by atoms with Crippen molar-refractivity contribution in [2.45, 2.75) is 116 Å². The van der Waals surface area contributed by atoms with Crippen molar-refractivity contribution in [3.8, 4) is 0 Å². The van der Waals surface area contributed by atoms with Crippen molar-refractivity contribution in [2.24, 2.45) is 11.8 Å². The third-order valence-corrected chi connectivity index (χ3v) is 13.0. The van der Waals surface area contributed by atoms with Gasteiger partial charge in [-0.05, 0) is 168 Å². The minimum atomic E-state index is -2.14. The Hall–Kier alpha value is -3.57. The molecule has 0 aromatic carbocycles. The van der Waals surface area contributed by atoms with Gasteiger partial charge in [-0.3, -0.25) is 39.5 Å². The Labute approximate surface area is 415 Å². The summed E-state index contributed by atoms with van der Waals surface area (Å²) in [4.78, 5) is 46.7. The summed E-state index contributed by atoms with van der Waals surface area (Å²) in [5, 5.41) is 21.5. The number of halogens is 2. The first-order valence-electron chi connectivity index (χ1n) is 23.1. The predicted octanol–water partition coefficient (Wildman–Crippen LogP) is -0.143. The first-order chi connectivity index (χ1) is 30.8. The van der Waals surface area contributed by atoms with Crippen LogP contribution < -0.4 is 47.9 Å². The quantitative estimate of drug-likeness (QED) is 0.185. The first kappa shape index (κ1) is 56.8. The molecule has 0 spiro atoms. The zero-order chi connectivity index (χ0) is 45.8. The maximum atomic E-state index is 13.7. The van der Waals surface area contributed by atoms with Gasteiger partial charge in [-0.15, -0.1) is 0 Å². The molecule has 16 heteroatoms. The van der Waals surface area contributed by atoms with E-state index in [2.05, 4.69) is 60.6 Å². The smallest absolute Gasteiger partial charge is 0.550 e. The van der Waals surface area contributed by atoms with E-state index in [1.165, 1.54) is 42.6 Å². The molecular formula is C50H68F2Li2N8O4. The van der Waals surface area contributed by atoms with Crippen molar-refractivity contribution in [3.05, 3.63) is 120 Å². The number of piperidine rings is 4. The molecule has 4 aromatic rings. The molecule has 0 N–H and O–H groups in total. The molecule has 4 aliphatic rings. The second-order valence-electron chi connectivity index (χ2n) is 18.1. The molecule has 1 unspecified atom stereocenters. The van der Waals surface area contributed by atoms with E-state index in [1.807, 2.05) is 66.1 Å². The van der Waals surface area contributed by atoms with Gasteiger partial charge in [-0.25, -0.2) is 8.78 Å². The molecule has 4 aliphatic heterocycles. The summed E-state index contributed by atoms with van der Waals surface area (Å²) >= 11 is 0. The van der Waals surface area contributed by atoms with E-state index in [1.54, 1.807) is 31.7 Å². The Kier molecular flexibility index (Phi) is 25.2. The fourth-order valence-electron chi connectivity index (χ4n) is 8.64.